The van der Waals surface area contributed by atoms with Crippen molar-refractivity contribution in [3.05, 3.63) is 95.0 Å². The molecular formula is C28H25FN2O5S. The minimum absolute atomic E-state index is 0.0238. The molecule has 4 aromatic rings. The average Bonchev–Trinajstić information content (AvgIpc) is 3.58. The number of benzene rings is 3. The lowest BCUT2D eigenvalue weighted by Gasteiger charge is -2.15. The van der Waals surface area contributed by atoms with Crippen LogP contribution in [0.5, 0.6) is 0 Å². The minimum atomic E-state index is -3.57. The van der Waals surface area contributed by atoms with E-state index in [9.17, 15) is 22.4 Å². The van der Waals surface area contributed by atoms with Crippen molar-refractivity contribution in [2.45, 2.75) is 24.7 Å². The van der Waals surface area contributed by atoms with E-state index in [1.807, 2.05) is 0 Å². The third kappa shape index (κ3) is 4.80. The van der Waals surface area contributed by atoms with E-state index in [1.165, 1.54) is 40.7 Å². The number of para-hydroxylation sites is 1. The molecule has 7 nitrogen and oxygen atoms in total. The molecule has 0 bridgehead atoms. The molecule has 1 aliphatic rings. The molecule has 0 unspecified atom stereocenters. The number of halogens is 1. The molecule has 37 heavy (non-hydrogen) atoms. The summed E-state index contributed by atoms with van der Waals surface area (Å²) in [6.07, 6.45) is 1.68. The summed E-state index contributed by atoms with van der Waals surface area (Å²) in [6, 6.07) is 17.1. The van der Waals surface area contributed by atoms with Crippen molar-refractivity contribution >= 4 is 38.2 Å². The van der Waals surface area contributed by atoms with Crippen molar-refractivity contribution in [2.24, 2.45) is 0 Å². The van der Waals surface area contributed by atoms with Gasteiger partial charge in [0.05, 0.1) is 17.1 Å². The van der Waals surface area contributed by atoms with Crippen LogP contribution in [0, 0.1) is 12.7 Å². The van der Waals surface area contributed by atoms with Crippen LogP contribution < -0.4 is 5.32 Å². The molecule has 0 aliphatic carbocycles. The number of furan rings is 1. The van der Waals surface area contributed by atoms with E-state index in [0.717, 1.165) is 18.9 Å². The average molecular weight is 521 g/mol. The summed E-state index contributed by atoms with van der Waals surface area (Å²) in [4.78, 5) is 26.3. The Balaban J connectivity index is 1.38. The molecule has 1 aromatic heterocycles. The van der Waals surface area contributed by atoms with Gasteiger partial charge in [0.2, 0.25) is 15.8 Å². The molecule has 0 amide bonds. The zero-order valence-corrected chi connectivity index (χ0v) is 21.0. The van der Waals surface area contributed by atoms with Gasteiger partial charge in [-0.3, -0.25) is 9.59 Å². The van der Waals surface area contributed by atoms with E-state index >= 15 is 0 Å². The van der Waals surface area contributed by atoms with Crippen molar-refractivity contribution in [3.63, 3.8) is 0 Å². The Morgan fingerprint density at radius 1 is 0.973 bits per heavy atom. The maximum absolute atomic E-state index is 14.1. The first-order chi connectivity index (χ1) is 17.8. The van der Waals surface area contributed by atoms with Crippen LogP contribution in [0.25, 0.3) is 11.0 Å². The molecule has 1 saturated heterocycles. The quantitative estimate of drug-likeness (QED) is 0.321. The van der Waals surface area contributed by atoms with Gasteiger partial charge >= 0.3 is 0 Å². The molecule has 3 aromatic carbocycles. The fourth-order valence-electron chi connectivity index (χ4n) is 4.41. The van der Waals surface area contributed by atoms with Crippen molar-refractivity contribution in [2.75, 3.05) is 25.0 Å². The topological polar surface area (TPSA) is 96.7 Å². The molecule has 1 aliphatic heterocycles. The number of nitrogens with one attached hydrogen (secondary N) is 1. The summed E-state index contributed by atoms with van der Waals surface area (Å²) < 4.78 is 46.9. The maximum atomic E-state index is 14.1. The third-order valence-electron chi connectivity index (χ3n) is 6.54. The van der Waals surface area contributed by atoms with Crippen LogP contribution in [-0.4, -0.2) is 43.9 Å². The smallest absolute Gasteiger partial charge is 0.243 e. The normalized spacial score (nSPS) is 14.2. The second-order valence-electron chi connectivity index (χ2n) is 9.01. The highest BCUT2D eigenvalue weighted by atomic mass is 32.2. The second kappa shape index (κ2) is 9.91. The number of hydrogen-bond donors (Lipinski definition) is 1. The second-order valence-corrected chi connectivity index (χ2v) is 10.9. The Bertz CT molecular complexity index is 1600. The van der Waals surface area contributed by atoms with Crippen LogP contribution in [0.1, 0.15) is 44.9 Å². The third-order valence-corrected chi connectivity index (χ3v) is 8.45. The highest BCUT2D eigenvalue weighted by Crippen LogP contribution is 2.33. The first kappa shape index (κ1) is 24.9. The van der Waals surface area contributed by atoms with E-state index in [1.54, 1.807) is 31.2 Å². The largest absolute Gasteiger partial charge is 0.450 e. The molecule has 9 heteroatoms. The predicted molar refractivity (Wildman–Crippen MR) is 138 cm³/mol. The Hall–Kier alpha value is -3.82. The van der Waals surface area contributed by atoms with E-state index in [4.69, 9.17) is 4.42 Å². The summed E-state index contributed by atoms with van der Waals surface area (Å²) in [7, 11) is -3.57. The number of sulfonamides is 1. The van der Waals surface area contributed by atoms with Gasteiger partial charge in [-0.15, -0.1) is 0 Å². The van der Waals surface area contributed by atoms with Gasteiger partial charge in [0.1, 0.15) is 11.4 Å². The highest BCUT2D eigenvalue weighted by molar-refractivity contribution is 7.89. The number of aryl methyl sites for hydroxylation is 1. The van der Waals surface area contributed by atoms with Gasteiger partial charge in [0.15, 0.2) is 11.5 Å². The van der Waals surface area contributed by atoms with E-state index in [-0.39, 0.29) is 28.5 Å². The Kier molecular flexibility index (Phi) is 6.66. The fourth-order valence-corrected chi connectivity index (χ4v) is 5.92. The zero-order valence-electron chi connectivity index (χ0n) is 20.2. The van der Waals surface area contributed by atoms with Gasteiger partial charge in [-0.05, 0) is 67.8 Å². The number of anilines is 1. The molecule has 0 saturated carbocycles. The van der Waals surface area contributed by atoms with Crippen LogP contribution >= 0.6 is 0 Å². The molecule has 1 N–H and O–H groups in total. The summed E-state index contributed by atoms with van der Waals surface area (Å²) in [5, 5.41) is 3.63. The number of ketones is 2. The van der Waals surface area contributed by atoms with Crippen molar-refractivity contribution in [3.8, 4) is 0 Å². The number of fused-ring (bicyclic) bond motifs is 1. The fraction of sp³-hybridized carbons (Fsp3) is 0.214. The lowest BCUT2D eigenvalue weighted by atomic mass is 10.0. The molecule has 1 fully saturated rings. The highest BCUT2D eigenvalue weighted by Gasteiger charge is 2.27. The molecule has 0 spiro atoms. The van der Waals surface area contributed by atoms with Crippen LogP contribution in [-0.2, 0) is 10.0 Å². The Morgan fingerprint density at radius 2 is 1.65 bits per heavy atom. The summed E-state index contributed by atoms with van der Waals surface area (Å²) in [5.41, 5.74) is 1.66. The number of rotatable bonds is 8. The standard InChI is InChI=1S/C28H25FN2O5S/c1-18-8-9-20(16-23(18)29)27(33)28-26(22-6-2-3-7-25(22)36-28)30-17-24(32)19-10-12-21(13-11-19)37(34,35)31-14-4-5-15-31/h2-3,6-13,16,30H,4-5,14-15,17H2,1H3. The number of hydrogen-bond acceptors (Lipinski definition) is 6. The molecule has 0 radical (unpaired) electrons. The van der Waals surface area contributed by atoms with Crippen molar-refractivity contribution in [1.82, 2.24) is 4.31 Å². The summed E-state index contributed by atoms with van der Waals surface area (Å²) >= 11 is 0. The molecule has 5 rings (SSSR count). The van der Waals surface area contributed by atoms with Gasteiger partial charge < -0.3 is 9.73 Å². The number of carbonyl (C=O) groups is 2. The first-order valence-electron chi connectivity index (χ1n) is 12.0. The Morgan fingerprint density at radius 3 is 2.35 bits per heavy atom. The Labute approximate surface area is 213 Å². The zero-order chi connectivity index (χ0) is 26.2. The van der Waals surface area contributed by atoms with E-state index in [2.05, 4.69) is 5.32 Å². The van der Waals surface area contributed by atoms with Crippen LogP contribution in [0.15, 0.2) is 76.0 Å². The van der Waals surface area contributed by atoms with Gasteiger partial charge in [-0.1, -0.05) is 24.3 Å². The van der Waals surface area contributed by atoms with Crippen LogP contribution in [0.2, 0.25) is 0 Å². The lowest BCUT2D eigenvalue weighted by molar-refractivity contribution is 0.0997. The molecule has 190 valence electrons. The number of Topliss-reactive ketones (excluding diaryl/α,β-unsaturated/α-hetero) is 1. The lowest BCUT2D eigenvalue weighted by Crippen LogP contribution is -2.27. The number of nitrogens with zero attached hydrogens (tertiary/aromatic N) is 1. The van der Waals surface area contributed by atoms with Gasteiger partial charge in [0, 0.05) is 29.6 Å². The number of carbonyl (C=O) groups excluding carboxylic acids is 2. The summed E-state index contributed by atoms with van der Waals surface area (Å²) in [5.74, 6) is -1.33. The van der Waals surface area contributed by atoms with E-state index in [0.29, 0.717) is 40.9 Å². The van der Waals surface area contributed by atoms with Gasteiger partial charge in [-0.2, -0.15) is 4.31 Å². The monoisotopic (exact) mass is 520 g/mol. The maximum Gasteiger partial charge on any atom is 0.243 e. The van der Waals surface area contributed by atoms with Crippen LogP contribution in [0.4, 0.5) is 10.1 Å². The molecular weight excluding hydrogens is 495 g/mol. The minimum Gasteiger partial charge on any atom is -0.450 e. The van der Waals surface area contributed by atoms with Crippen molar-refractivity contribution in [1.29, 1.82) is 0 Å². The first-order valence-corrected chi connectivity index (χ1v) is 13.4. The molecule has 2 heterocycles. The SMILES string of the molecule is Cc1ccc(C(=O)c2oc3ccccc3c2NCC(=O)c2ccc(S(=O)(=O)N3CCCC3)cc2)cc1F. The van der Waals surface area contributed by atoms with E-state index < -0.39 is 21.6 Å². The predicted octanol–water partition coefficient (Wildman–Crippen LogP) is 5.19. The van der Waals surface area contributed by atoms with Gasteiger partial charge in [-0.25, -0.2) is 12.8 Å². The van der Waals surface area contributed by atoms with Crippen molar-refractivity contribution < 1.29 is 26.8 Å². The van der Waals surface area contributed by atoms with Gasteiger partial charge in [0.25, 0.3) is 0 Å². The van der Waals surface area contributed by atoms with Crippen LogP contribution in [0.3, 0.4) is 0 Å². The molecule has 0 atom stereocenters. The summed E-state index contributed by atoms with van der Waals surface area (Å²) in [6.45, 7) is 2.45.